The lowest BCUT2D eigenvalue weighted by molar-refractivity contribution is -0.386. The number of alkyl halides is 3. The molecule has 150 valence electrons. The zero-order valence-electron chi connectivity index (χ0n) is 14.6. The van der Waals surface area contributed by atoms with Gasteiger partial charge in [-0.25, -0.2) is 0 Å². The van der Waals surface area contributed by atoms with Gasteiger partial charge >= 0.3 is 17.8 Å². The van der Waals surface area contributed by atoms with E-state index in [0.29, 0.717) is 0 Å². The first-order valence-corrected chi connectivity index (χ1v) is 8.10. The molecule has 28 heavy (non-hydrogen) atoms. The zero-order valence-corrected chi connectivity index (χ0v) is 14.6. The summed E-state index contributed by atoms with van der Waals surface area (Å²) >= 11 is 0. The van der Waals surface area contributed by atoms with Crippen LogP contribution in [0.25, 0.3) is 0 Å². The van der Waals surface area contributed by atoms with Gasteiger partial charge in [0.2, 0.25) is 0 Å². The predicted molar refractivity (Wildman–Crippen MR) is 92.5 cm³/mol. The van der Waals surface area contributed by atoms with E-state index in [0.717, 1.165) is 18.6 Å². The van der Waals surface area contributed by atoms with Gasteiger partial charge in [-0.05, 0) is 24.1 Å². The largest absolute Gasteiger partial charge is 0.482 e. The number of aliphatic hydroxyl groups excluding tert-OH is 1. The molecule has 7 nitrogen and oxygen atoms in total. The van der Waals surface area contributed by atoms with Crippen LogP contribution in [-0.4, -0.2) is 28.2 Å². The summed E-state index contributed by atoms with van der Waals surface area (Å²) in [6.07, 6.45) is -6.69. The molecular formula is C18H17F3N2O5. The number of hydrogen-bond acceptors (Lipinski definition) is 5. The van der Waals surface area contributed by atoms with Gasteiger partial charge < -0.3 is 15.2 Å². The number of nitrogens with one attached hydrogen (secondary N) is 1. The van der Waals surface area contributed by atoms with Gasteiger partial charge in [-0.1, -0.05) is 36.4 Å². The van der Waals surface area contributed by atoms with E-state index in [1.54, 1.807) is 35.6 Å². The number of ether oxygens (including phenoxy) is 1. The molecule has 0 saturated carbocycles. The lowest BCUT2D eigenvalue weighted by atomic mass is 10.0. The SMILES string of the molecule is CC(NC(=O)C(F)(F)F)C(O)c1ccc(OCc2ccccc2)c([N+](=O)[O-])c1. The standard InChI is InChI=1S/C18H17F3N2O5/c1-11(22-17(25)18(19,20)21)16(24)13-7-8-15(14(9-13)23(26)27)28-10-12-5-3-2-4-6-12/h2-9,11,16,24H,10H2,1H3,(H,22,25). The van der Waals surface area contributed by atoms with Crippen molar-refractivity contribution in [2.24, 2.45) is 0 Å². The van der Waals surface area contributed by atoms with E-state index >= 15 is 0 Å². The molecule has 2 aromatic rings. The van der Waals surface area contributed by atoms with Gasteiger partial charge in [0.15, 0.2) is 5.75 Å². The van der Waals surface area contributed by atoms with Crippen LogP contribution in [0, 0.1) is 10.1 Å². The Balaban J connectivity index is 2.16. The van der Waals surface area contributed by atoms with Crippen molar-refractivity contribution in [3.63, 3.8) is 0 Å². The Morgan fingerprint density at radius 3 is 2.46 bits per heavy atom. The Bertz CT molecular complexity index is 843. The third-order valence-corrected chi connectivity index (χ3v) is 3.85. The average molecular weight is 398 g/mol. The molecule has 2 rings (SSSR count). The number of hydrogen-bond donors (Lipinski definition) is 2. The van der Waals surface area contributed by atoms with E-state index in [9.17, 15) is 33.2 Å². The minimum atomic E-state index is -5.10. The Morgan fingerprint density at radius 1 is 1.25 bits per heavy atom. The topological polar surface area (TPSA) is 102 Å². The van der Waals surface area contributed by atoms with E-state index in [-0.39, 0.29) is 17.9 Å². The number of halogens is 3. The van der Waals surface area contributed by atoms with E-state index in [1.165, 1.54) is 12.1 Å². The fourth-order valence-electron chi connectivity index (χ4n) is 2.37. The number of aliphatic hydroxyl groups is 1. The van der Waals surface area contributed by atoms with Gasteiger partial charge in [-0.2, -0.15) is 13.2 Å². The number of nitro groups is 1. The Morgan fingerprint density at radius 2 is 1.89 bits per heavy atom. The molecule has 1 amide bonds. The highest BCUT2D eigenvalue weighted by Crippen LogP contribution is 2.32. The molecular weight excluding hydrogens is 381 g/mol. The molecule has 0 heterocycles. The number of amides is 1. The van der Waals surface area contributed by atoms with Crippen molar-refractivity contribution < 1.29 is 32.7 Å². The smallest absolute Gasteiger partial charge is 0.471 e. The third-order valence-electron chi connectivity index (χ3n) is 3.85. The molecule has 0 bridgehead atoms. The van der Waals surface area contributed by atoms with Gasteiger partial charge in [0, 0.05) is 6.07 Å². The van der Waals surface area contributed by atoms with Crippen LogP contribution in [-0.2, 0) is 11.4 Å². The van der Waals surface area contributed by atoms with Crippen LogP contribution in [0.2, 0.25) is 0 Å². The van der Waals surface area contributed by atoms with Gasteiger partial charge in [0.25, 0.3) is 0 Å². The minimum Gasteiger partial charge on any atom is -0.482 e. The Hall–Kier alpha value is -3.14. The van der Waals surface area contributed by atoms with E-state index < -0.39 is 34.8 Å². The summed E-state index contributed by atoms with van der Waals surface area (Å²) in [5.74, 6) is -2.27. The van der Waals surface area contributed by atoms with Gasteiger partial charge in [0.1, 0.15) is 6.61 Å². The fraction of sp³-hybridized carbons (Fsp3) is 0.278. The maximum Gasteiger partial charge on any atom is 0.471 e. The number of rotatable bonds is 7. The molecule has 0 radical (unpaired) electrons. The van der Waals surface area contributed by atoms with Crippen LogP contribution in [0.3, 0.4) is 0 Å². The van der Waals surface area contributed by atoms with Crippen LogP contribution in [0.5, 0.6) is 5.75 Å². The summed E-state index contributed by atoms with van der Waals surface area (Å²) < 4.78 is 42.4. The molecule has 2 aromatic carbocycles. The highest BCUT2D eigenvalue weighted by molar-refractivity contribution is 5.82. The molecule has 10 heteroatoms. The quantitative estimate of drug-likeness (QED) is 0.551. The van der Waals surface area contributed by atoms with Crippen LogP contribution >= 0.6 is 0 Å². The van der Waals surface area contributed by atoms with E-state index in [4.69, 9.17) is 4.74 Å². The second-order valence-electron chi connectivity index (χ2n) is 5.96. The van der Waals surface area contributed by atoms with Gasteiger partial charge in [0.05, 0.1) is 17.1 Å². The Kier molecular flexibility index (Phi) is 6.57. The molecule has 0 aliphatic carbocycles. The van der Waals surface area contributed by atoms with Crippen LogP contribution in [0.4, 0.5) is 18.9 Å². The second kappa shape index (κ2) is 8.70. The number of carbonyl (C=O) groups excluding carboxylic acids is 1. The maximum absolute atomic E-state index is 12.3. The number of nitrogens with zero attached hydrogens (tertiary/aromatic N) is 1. The van der Waals surface area contributed by atoms with Crippen molar-refractivity contribution >= 4 is 11.6 Å². The summed E-state index contributed by atoms with van der Waals surface area (Å²) in [5.41, 5.74) is 0.292. The predicted octanol–water partition coefficient (Wildman–Crippen LogP) is 3.27. The molecule has 2 atom stereocenters. The van der Waals surface area contributed by atoms with Gasteiger partial charge in [-0.3, -0.25) is 14.9 Å². The monoisotopic (exact) mass is 398 g/mol. The zero-order chi connectivity index (χ0) is 20.9. The molecule has 0 spiro atoms. The summed E-state index contributed by atoms with van der Waals surface area (Å²) in [7, 11) is 0. The molecule has 2 N–H and O–H groups in total. The van der Waals surface area contributed by atoms with Crippen molar-refractivity contribution in [1.82, 2.24) is 5.32 Å². The van der Waals surface area contributed by atoms with Gasteiger partial charge in [-0.15, -0.1) is 0 Å². The normalized spacial score (nSPS) is 13.5. The lowest BCUT2D eigenvalue weighted by Crippen LogP contribution is -2.44. The van der Waals surface area contributed by atoms with Crippen LogP contribution in [0.15, 0.2) is 48.5 Å². The lowest BCUT2D eigenvalue weighted by Gasteiger charge is -2.21. The average Bonchev–Trinajstić information content (AvgIpc) is 2.65. The first-order chi connectivity index (χ1) is 13.1. The van der Waals surface area contributed by atoms with Crippen molar-refractivity contribution in [3.05, 3.63) is 69.8 Å². The maximum atomic E-state index is 12.3. The molecule has 0 aromatic heterocycles. The highest BCUT2D eigenvalue weighted by Gasteiger charge is 2.40. The first kappa shape index (κ1) is 21.2. The molecule has 0 fully saturated rings. The number of carbonyl (C=O) groups is 1. The van der Waals surface area contributed by atoms with Crippen molar-refractivity contribution in [1.29, 1.82) is 0 Å². The highest BCUT2D eigenvalue weighted by atomic mass is 19.4. The second-order valence-corrected chi connectivity index (χ2v) is 5.96. The molecule has 2 unspecified atom stereocenters. The number of benzene rings is 2. The summed E-state index contributed by atoms with van der Waals surface area (Å²) in [6, 6.07) is 11.1. The number of nitro benzene ring substituents is 1. The summed E-state index contributed by atoms with van der Waals surface area (Å²) in [5, 5.41) is 23.1. The minimum absolute atomic E-state index is 0.0336. The van der Waals surface area contributed by atoms with Crippen molar-refractivity contribution in [2.75, 3.05) is 0 Å². The Labute approximate surface area is 157 Å². The van der Waals surface area contributed by atoms with E-state index in [1.807, 2.05) is 0 Å². The van der Waals surface area contributed by atoms with Crippen LogP contribution < -0.4 is 10.1 Å². The molecule has 0 aliphatic rings. The van der Waals surface area contributed by atoms with Crippen molar-refractivity contribution in [3.8, 4) is 5.75 Å². The van der Waals surface area contributed by atoms with Crippen molar-refractivity contribution in [2.45, 2.75) is 31.9 Å². The molecule has 0 saturated heterocycles. The third kappa shape index (κ3) is 5.43. The first-order valence-electron chi connectivity index (χ1n) is 8.10. The summed E-state index contributed by atoms with van der Waals surface area (Å²) in [6.45, 7) is 1.22. The summed E-state index contributed by atoms with van der Waals surface area (Å²) in [4.78, 5) is 21.6. The molecule has 0 aliphatic heterocycles. The fourth-order valence-corrected chi connectivity index (χ4v) is 2.37. The van der Waals surface area contributed by atoms with Crippen LogP contribution in [0.1, 0.15) is 24.2 Å². The van der Waals surface area contributed by atoms with E-state index in [2.05, 4.69) is 0 Å².